The number of hydrogen-bond donors (Lipinski definition) is 0. The normalized spacial score (nSPS) is 11.7. The molecule has 1 aromatic heterocycles. The van der Waals surface area contributed by atoms with Crippen molar-refractivity contribution in [2.24, 2.45) is 0 Å². The van der Waals surface area contributed by atoms with E-state index in [0.29, 0.717) is 17.3 Å². The quantitative estimate of drug-likeness (QED) is 0.546. The van der Waals surface area contributed by atoms with E-state index in [9.17, 15) is 8.42 Å². The van der Waals surface area contributed by atoms with E-state index in [0.717, 1.165) is 5.56 Å². The molecule has 0 spiro atoms. The Morgan fingerprint density at radius 3 is 2.61 bits per heavy atom. The lowest BCUT2D eigenvalue weighted by Gasteiger charge is -2.21. The van der Waals surface area contributed by atoms with Crippen LogP contribution in [0.3, 0.4) is 0 Å². The van der Waals surface area contributed by atoms with Gasteiger partial charge in [0.25, 0.3) is 0 Å². The summed E-state index contributed by atoms with van der Waals surface area (Å²) in [7, 11) is -2.47. The molecule has 0 unspecified atom stereocenters. The van der Waals surface area contributed by atoms with Crippen LogP contribution in [-0.4, -0.2) is 36.5 Å². The van der Waals surface area contributed by atoms with E-state index in [-0.39, 0.29) is 29.6 Å². The molecule has 0 aliphatic heterocycles. The molecule has 0 atom stereocenters. The highest BCUT2D eigenvalue weighted by Crippen LogP contribution is 2.30. The first kappa shape index (κ1) is 20.3. The van der Waals surface area contributed by atoms with Crippen LogP contribution < -0.4 is 4.74 Å². The first-order valence-electron chi connectivity index (χ1n) is 8.67. The molecule has 7 nitrogen and oxygen atoms in total. The van der Waals surface area contributed by atoms with Gasteiger partial charge in [-0.25, -0.2) is 8.42 Å². The molecule has 0 amide bonds. The maximum Gasteiger partial charge on any atom is 0.247 e. The van der Waals surface area contributed by atoms with Gasteiger partial charge < -0.3 is 9.26 Å². The van der Waals surface area contributed by atoms with Crippen LogP contribution in [0, 0.1) is 0 Å². The SMILES string of the molecule is CCCN(Cc1nc(-c2ccccc2)no1)S(=O)(=O)c1cc(Cl)ccc1OC. The Morgan fingerprint density at radius 2 is 1.93 bits per heavy atom. The average molecular weight is 422 g/mol. The number of aromatic nitrogens is 2. The largest absolute Gasteiger partial charge is 0.495 e. The molecule has 0 bridgehead atoms. The minimum absolute atomic E-state index is 0.00116. The molecule has 1 heterocycles. The monoisotopic (exact) mass is 421 g/mol. The predicted molar refractivity (Wildman–Crippen MR) is 106 cm³/mol. The molecule has 9 heteroatoms. The lowest BCUT2D eigenvalue weighted by Crippen LogP contribution is -2.31. The fourth-order valence-electron chi connectivity index (χ4n) is 2.70. The third-order valence-electron chi connectivity index (χ3n) is 4.03. The summed E-state index contributed by atoms with van der Waals surface area (Å²) in [6, 6.07) is 13.8. The highest BCUT2D eigenvalue weighted by molar-refractivity contribution is 7.89. The number of ether oxygens (including phenoxy) is 1. The Hall–Kier alpha value is -2.42. The van der Waals surface area contributed by atoms with E-state index in [1.165, 1.54) is 23.5 Å². The second kappa shape index (κ2) is 8.72. The van der Waals surface area contributed by atoms with Crippen molar-refractivity contribution in [3.8, 4) is 17.1 Å². The standard InChI is InChI=1S/C19H20ClN3O4S/c1-3-11-23(28(24,25)17-12-15(20)9-10-16(17)26-2)13-18-21-19(22-27-18)14-7-5-4-6-8-14/h4-10,12H,3,11,13H2,1-2H3. The van der Waals surface area contributed by atoms with E-state index >= 15 is 0 Å². The van der Waals surface area contributed by atoms with Gasteiger partial charge in [-0.05, 0) is 24.6 Å². The molecule has 0 aliphatic rings. The van der Waals surface area contributed by atoms with Gasteiger partial charge in [0.15, 0.2) is 0 Å². The van der Waals surface area contributed by atoms with E-state index in [2.05, 4.69) is 10.1 Å². The van der Waals surface area contributed by atoms with Gasteiger partial charge >= 0.3 is 0 Å². The van der Waals surface area contributed by atoms with Crippen molar-refractivity contribution >= 4 is 21.6 Å². The van der Waals surface area contributed by atoms with E-state index in [4.69, 9.17) is 20.9 Å². The summed E-state index contributed by atoms with van der Waals surface area (Å²) < 4.78 is 38.2. The van der Waals surface area contributed by atoms with Crippen molar-refractivity contribution in [3.63, 3.8) is 0 Å². The fourth-order valence-corrected chi connectivity index (χ4v) is 4.60. The Morgan fingerprint density at radius 1 is 1.18 bits per heavy atom. The van der Waals surface area contributed by atoms with Gasteiger partial charge in [-0.2, -0.15) is 9.29 Å². The number of methoxy groups -OCH3 is 1. The molecule has 0 aliphatic carbocycles. The van der Waals surface area contributed by atoms with Crippen LogP contribution in [-0.2, 0) is 16.6 Å². The van der Waals surface area contributed by atoms with E-state index in [1.807, 2.05) is 37.3 Å². The molecule has 0 N–H and O–H groups in total. The fraction of sp³-hybridized carbons (Fsp3) is 0.263. The molecular weight excluding hydrogens is 402 g/mol. The molecule has 148 valence electrons. The molecule has 0 saturated heterocycles. The number of benzene rings is 2. The van der Waals surface area contributed by atoms with Gasteiger partial charge in [-0.3, -0.25) is 0 Å². The van der Waals surface area contributed by atoms with Gasteiger partial charge in [0.2, 0.25) is 21.7 Å². The van der Waals surface area contributed by atoms with Crippen LogP contribution in [0.5, 0.6) is 5.75 Å². The zero-order chi connectivity index (χ0) is 20.1. The van der Waals surface area contributed by atoms with Crippen LogP contribution in [0.25, 0.3) is 11.4 Å². The zero-order valence-corrected chi connectivity index (χ0v) is 17.1. The van der Waals surface area contributed by atoms with Gasteiger partial charge in [0.1, 0.15) is 10.6 Å². The first-order valence-corrected chi connectivity index (χ1v) is 10.5. The van der Waals surface area contributed by atoms with E-state index in [1.54, 1.807) is 6.07 Å². The molecule has 28 heavy (non-hydrogen) atoms. The number of halogens is 1. The molecule has 0 radical (unpaired) electrons. The Labute approximate surface area is 168 Å². The molecule has 3 aromatic rings. The van der Waals surface area contributed by atoms with Crippen molar-refractivity contribution < 1.29 is 17.7 Å². The van der Waals surface area contributed by atoms with Crippen molar-refractivity contribution in [1.82, 2.24) is 14.4 Å². The summed E-state index contributed by atoms with van der Waals surface area (Å²) in [6.45, 7) is 2.12. The van der Waals surface area contributed by atoms with Crippen LogP contribution in [0.4, 0.5) is 0 Å². The highest BCUT2D eigenvalue weighted by atomic mass is 35.5. The van der Waals surface area contributed by atoms with Crippen LogP contribution in [0.1, 0.15) is 19.2 Å². The van der Waals surface area contributed by atoms with Gasteiger partial charge in [-0.15, -0.1) is 0 Å². The number of rotatable bonds is 8. The third kappa shape index (κ3) is 4.35. The molecule has 2 aromatic carbocycles. The Balaban J connectivity index is 1.92. The molecule has 3 rings (SSSR count). The van der Waals surface area contributed by atoms with Crippen molar-refractivity contribution in [2.45, 2.75) is 24.8 Å². The second-order valence-corrected chi connectivity index (χ2v) is 8.35. The van der Waals surface area contributed by atoms with Gasteiger partial charge in [0, 0.05) is 17.1 Å². The third-order valence-corrected chi connectivity index (χ3v) is 6.13. The van der Waals surface area contributed by atoms with Crippen LogP contribution in [0.2, 0.25) is 5.02 Å². The number of nitrogens with zero attached hydrogens (tertiary/aromatic N) is 3. The van der Waals surface area contributed by atoms with Crippen LogP contribution in [0.15, 0.2) is 57.9 Å². The average Bonchev–Trinajstić information content (AvgIpc) is 3.17. The maximum atomic E-state index is 13.2. The topological polar surface area (TPSA) is 85.5 Å². The van der Waals surface area contributed by atoms with E-state index < -0.39 is 10.0 Å². The predicted octanol–water partition coefficient (Wildman–Crippen LogP) is 4.00. The Bertz CT molecular complexity index is 1040. The molecular formula is C19H20ClN3O4S. The summed E-state index contributed by atoms with van der Waals surface area (Å²) in [5, 5.41) is 4.25. The summed E-state index contributed by atoms with van der Waals surface area (Å²) in [6.07, 6.45) is 0.613. The molecule has 0 fully saturated rings. The smallest absolute Gasteiger partial charge is 0.247 e. The van der Waals surface area contributed by atoms with Crippen molar-refractivity contribution in [1.29, 1.82) is 0 Å². The lowest BCUT2D eigenvalue weighted by molar-refractivity contribution is 0.314. The Kier molecular flexibility index (Phi) is 6.33. The summed E-state index contributed by atoms with van der Waals surface area (Å²) >= 11 is 6.01. The van der Waals surface area contributed by atoms with Crippen molar-refractivity contribution in [3.05, 3.63) is 59.4 Å². The zero-order valence-electron chi connectivity index (χ0n) is 15.5. The maximum absolute atomic E-state index is 13.2. The summed E-state index contributed by atoms with van der Waals surface area (Å²) in [4.78, 5) is 4.33. The highest BCUT2D eigenvalue weighted by Gasteiger charge is 2.29. The van der Waals surface area contributed by atoms with Crippen LogP contribution >= 0.6 is 11.6 Å². The van der Waals surface area contributed by atoms with Crippen molar-refractivity contribution in [2.75, 3.05) is 13.7 Å². The summed E-state index contributed by atoms with van der Waals surface area (Å²) in [5.74, 6) is 0.836. The first-order chi connectivity index (χ1) is 13.5. The van der Waals surface area contributed by atoms with Gasteiger partial charge in [-0.1, -0.05) is 54.0 Å². The number of hydrogen-bond acceptors (Lipinski definition) is 6. The minimum atomic E-state index is -3.89. The molecule has 0 saturated carbocycles. The lowest BCUT2D eigenvalue weighted by atomic mass is 10.2. The summed E-state index contributed by atoms with van der Waals surface area (Å²) in [5.41, 5.74) is 0.791. The minimum Gasteiger partial charge on any atom is -0.495 e. The number of sulfonamides is 1. The second-order valence-electron chi connectivity index (χ2n) is 6.01. The van der Waals surface area contributed by atoms with Gasteiger partial charge in [0.05, 0.1) is 13.7 Å².